The van der Waals surface area contributed by atoms with Crippen molar-refractivity contribution in [1.29, 1.82) is 0 Å². The van der Waals surface area contributed by atoms with Crippen LogP contribution >= 0.6 is 0 Å². The zero-order valence-electron chi connectivity index (χ0n) is 10.2. The Bertz CT molecular complexity index is 214. The van der Waals surface area contributed by atoms with Crippen molar-refractivity contribution in [3.05, 3.63) is 0 Å². The van der Waals surface area contributed by atoms with Gasteiger partial charge in [0.25, 0.3) is 0 Å². The maximum Gasteiger partial charge on any atom is 0.222 e. The average Bonchev–Trinajstić information content (AvgIpc) is 2.17. The van der Waals surface area contributed by atoms with Crippen LogP contribution in [-0.4, -0.2) is 29.9 Å². The highest BCUT2D eigenvalue weighted by molar-refractivity contribution is 5.76. The normalized spacial score (nSPS) is 24.3. The van der Waals surface area contributed by atoms with Crippen LogP contribution in [0.4, 0.5) is 0 Å². The molecule has 0 saturated carbocycles. The molecule has 3 nitrogen and oxygen atoms in total. The fraction of sp³-hybridized carbons (Fsp3) is 0.917. The molecule has 1 fully saturated rings. The smallest absolute Gasteiger partial charge is 0.222 e. The molecule has 0 radical (unpaired) electrons. The van der Waals surface area contributed by atoms with Crippen LogP contribution in [0.3, 0.4) is 0 Å². The molecule has 1 amide bonds. The minimum absolute atomic E-state index is 0.208. The van der Waals surface area contributed by atoms with Crippen molar-refractivity contribution >= 4 is 5.91 Å². The highest BCUT2D eigenvalue weighted by Gasteiger charge is 2.25. The van der Waals surface area contributed by atoms with Crippen LogP contribution in [0.1, 0.15) is 40.0 Å². The summed E-state index contributed by atoms with van der Waals surface area (Å²) in [7, 11) is 0. The van der Waals surface area contributed by atoms with Gasteiger partial charge in [0.2, 0.25) is 5.91 Å². The van der Waals surface area contributed by atoms with Crippen LogP contribution in [0.5, 0.6) is 0 Å². The Morgan fingerprint density at radius 1 is 1.47 bits per heavy atom. The van der Waals surface area contributed by atoms with Crippen molar-refractivity contribution in [3.8, 4) is 0 Å². The number of rotatable bonds is 3. The van der Waals surface area contributed by atoms with Gasteiger partial charge in [-0.1, -0.05) is 13.8 Å². The van der Waals surface area contributed by atoms with E-state index in [1.165, 1.54) is 6.42 Å². The monoisotopic (exact) mass is 212 g/mol. The van der Waals surface area contributed by atoms with E-state index in [1.807, 2.05) is 11.8 Å². The van der Waals surface area contributed by atoms with E-state index in [9.17, 15) is 4.79 Å². The number of piperidine rings is 1. The number of carbonyl (C=O) groups is 1. The number of hydrogen-bond acceptors (Lipinski definition) is 2. The second kappa shape index (κ2) is 5.50. The molecule has 0 spiro atoms. The standard InChI is InChI=1S/C12H24N2O/c1-9(2)7-12(15)14-6-4-5-11(8-14)10(3)13/h9-11H,4-8,13H2,1-3H3/t10-,11+/m1/s1. The maximum atomic E-state index is 11.9. The minimum atomic E-state index is 0.208. The summed E-state index contributed by atoms with van der Waals surface area (Å²) in [5.74, 6) is 1.25. The first-order valence-corrected chi connectivity index (χ1v) is 6.04. The molecule has 0 aliphatic carbocycles. The van der Waals surface area contributed by atoms with Gasteiger partial charge in [0.05, 0.1) is 0 Å². The molecule has 1 aliphatic heterocycles. The van der Waals surface area contributed by atoms with Gasteiger partial charge in [0.15, 0.2) is 0 Å². The van der Waals surface area contributed by atoms with E-state index in [1.54, 1.807) is 0 Å². The molecule has 2 N–H and O–H groups in total. The fourth-order valence-electron chi connectivity index (χ4n) is 2.14. The number of carbonyl (C=O) groups excluding carboxylic acids is 1. The molecular formula is C12H24N2O. The summed E-state index contributed by atoms with van der Waals surface area (Å²) < 4.78 is 0. The number of nitrogens with zero attached hydrogens (tertiary/aromatic N) is 1. The van der Waals surface area contributed by atoms with Gasteiger partial charge in [-0.25, -0.2) is 0 Å². The Morgan fingerprint density at radius 2 is 2.13 bits per heavy atom. The number of amides is 1. The van der Waals surface area contributed by atoms with Gasteiger partial charge in [-0.05, 0) is 31.6 Å². The molecule has 88 valence electrons. The van der Waals surface area contributed by atoms with E-state index >= 15 is 0 Å². The molecule has 0 aromatic rings. The van der Waals surface area contributed by atoms with Gasteiger partial charge in [-0.3, -0.25) is 4.79 Å². The number of nitrogens with two attached hydrogens (primary N) is 1. The summed E-state index contributed by atoms with van der Waals surface area (Å²) in [5, 5.41) is 0. The molecule has 0 bridgehead atoms. The van der Waals surface area contributed by atoms with Crippen molar-refractivity contribution in [2.75, 3.05) is 13.1 Å². The SMILES string of the molecule is CC(C)CC(=O)N1CCC[C@H]([C@@H](C)N)C1. The van der Waals surface area contributed by atoms with Crippen LogP contribution in [0, 0.1) is 11.8 Å². The first-order valence-electron chi connectivity index (χ1n) is 6.04. The fourth-order valence-corrected chi connectivity index (χ4v) is 2.14. The van der Waals surface area contributed by atoms with Crippen LogP contribution in [0.15, 0.2) is 0 Å². The van der Waals surface area contributed by atoms with Crippen LogP contribution in [0.25, 0.3) is 0 Å². The average molecular weight is 212 g/mol. The highest BCUT2D eigenvalue weighted by Crippen LogP contribution is 2.20. The predicted molar refractivity (Wildman–Crippen MR) is 62.4 cm³/mol. The molecule has 0 unspecified atom stereocenters. The summed E-state index contributed by atoms with van der Waals surface area (Å²) in [6, 6.07) is 0.208. The van der Waals surface area contributed by atoms with Crippen LogP contribution < -0.4 is 5.73 Å². The van der Waals surface area contributed by atoms with Gasteiger partial charge in [-0.2, -0.15) is 0 Å². The summed E-state index contributed by atoms with van der Waals surface area (Å²) >= 11 is 0. The Morgan fingerprint density at radius 3 is 2.67 bits per heavy atom. The molecule has 0 aromatic carbocycles. The summed E-state index contributed by atoms with van der Waals surface area (Å²) in [6.45, 7) is 8.01. The second-order valence-electron chi connectivity index (χ2n) is 5.20. The van der Waals surface area contributed by atoms with E-state index in [-0.39, 0.29) is 6.04 Å². The second-order valence-corrected chi connectivity index (χ2v) is 5.20. The molecule has 1 heterocycles. The first-order chi connectivity index (χ1) is 7.00. The van der Waals surface area contributed by atoms with Gasteiger partial charge in [0.1, 0.15) is 0 Å². The predicted octanol–water partition coefficient (Wildman–Crippen LogP) is 1.62. The van der Waals surface area contributed by atoms with Gasteiger partial charge < -0.3 is 10.6 Å². The first kappa shape index (κ1) is 12.5. The zero-order valence-corrected chi connectivity index (χ0v) is 10.2. The minimum Gasteiger partial charge on any atom is -0.342 e. The molecule has 3 heteroatoms. The third-order valence-electron chi connectivity index (χ3n) is 3.14. The lowest BCUT2D eigenvalue weighted by molar-refractivity contribution is -0.133. The van der Waals surface area contributed by atoms with E-state index in [4.69, 9.17) is 5.73 Å². The quantitative estimate of drug-likeness (QED) is 0.772. The molecule has 1 rings (SSSR count). The number of likely N-dealkylation sites (tertiary alicyclic amines) is 1. The number of hydrogen-bond donors (Lipinski definition) is 1. The van der Waals surface area contributed by atoms with E-state index in [2.05, 4.69) is 13.8 Å². The highest BCUT2D eigenvalue weighted by atomic mass is 16.2. The molecular weight excluding hydrogens is 188 g/mol. The largest absolute Gasteiger partial charge is 0.342 e. The molecule has 1 aliphatic rings. The van der Waals surface area contributed by atoms with Crippen LogP contribution in [-0.2, 0) is 4.79 Å². The van der Waals surface area contributed by atoms with Crippen molar-refractivity contribution in [2.24, 2.45) is 17.6 Å². The Balaban J connectivity index is 2.45. The topological polar surface area (TPSA) is 46.3 Å². The molecule has 2 atom stereocenters. The zero-order chi connectivity index (χ0) is 11.4. The third-order valence-corrected chi connectivity index (χ3v) is 3.14. The summed E-state index contributed by atoms with van der Waals surface area (Å²) in [6.07, 6.45) is 2.95. The van der Waals surface area contributed by atoms with Crippen molar-refractivity contribution in [2.45, 2.75) is 46.1 Å². The molecule has 1 saturated heterocycles. The van der Waals surface area contributed by atoms with E-state index < -0.39 is 0 Å². The molecule has 15 heavy (non-hydrogen) atoms. The van der Waals surface area contributed by atoms with Crippen LogP contribution in [0.2, 0.25) is 0 Å². The van der Waals surface area contributed by atoms with Gasteiger partial charge >= 0.3 is 0 Å². The lowest BCUT2D eigenvalue weighted by Crippen LogP contribution is -2.45. The van der Waals surface area contributed by atoms with Crippen molar-refractivity contribution in [3.63, 3.8) is 0 Å². The maximum absolute atomic E-state index is 11.9. The third kappa shape index (κ3) is 3.82. The van der Waals surface area contributed by atoms with E-state index in [0.29, 0.717) is 24.2 Å². The van der Waals surface area contributed by atoms with Crippen molar-refractivity contribution in [1.82, 2.24) is 4.90 Å². The Hall–Kier alpha value is -0.570. The lowest BCUT2D eigenvalue weighted by Gasteiger charge is -2.35. The Labute approximate surface area is 93.0 Å². The van der Waals surface area contributed by atoms with E-state index in [0.717, 1.165) is 19.5 Å². The lowest BCUT2D eigenvalue weighted by atomic mass is 9.92. The Kier molecular flexibility index (Phi) is 4.58. The molecule has 0 aromatic heterocycles. The van der Waals surface area contributed by atoms with Gasteiger partial charge in [-0.15, -0.1) is 0 Å². The summed E-state index contributed by atoms with van der Waals surface area (Å²) in [5.41, 5.74) is 5.89. The van der Waals surface area contributed by atoms with Crippen molar-refractivity contribution < 1.29 is 4.79 Å². The van der Waals surface area contributed by atoms with Gasteiger partial charge in [0, 0.05) is 25.6 Å². The summed E-state index contributed by atoms with van der Waals surface area (Å²) in [4.78, 5) is 13.9.